The summed E-state index contributed by atoms with van der Waals surface area (Å²) in [6, 6.07) is 13.9. The second-order valence-electron chi connectivity index (χ2n) is 7.60. The van der Waals surface area contributed by atoms with Crippen molar-refractivity contribution in [1.82, 2.24) is 5.32 Å². The lowest BCUT2D eigenvalue weighted by atomic mass is 10.1. The molecule has 0 heterocycles. The van der Waals surface area contributed by atoms with E-state index < -0.39 is 17.7 Å². The second kappa shape index (κ2) is 9.87. The molecule has 0 spiro atoms. The van der Waals surface area contributed by atoms with Crippen molar-refractivity contribution in [1.29, 1.82) is 0 Å². The number of benzene rings is 2. The molecule has 154 valence electrons. The number of Topliss-reactive ketones (excluding diaryl/α,β-unsaturated/α-hetero) is 1. The van der Waals surface area contributed by atoms with Crippen LogP contribution >= 0.6 is 0 Å². The molecule has 0 saturated carbocycles. The number of rotatable bonds is 7. The first-order valence-corrected chi connectivity index (χ1v) is 9.53. The second-order valence-corrected chi connectivity index (χ2v) is 7.60. The van der Waals surface area contributed by atoms with Crippen molar-refractivity contribution < 1.29 is 23.9 Å². The minimum Gasteiger partial charge on any atom is -0.454 e. The number of hydrogen-bond donors (Lipinski definition) is 1. The lowest BCUT2D eigenvalue weighted by molar-refractivity contribution is 0.0474. The van der Waals surface area contributed by atoms with E-state index in [-0.39, 0.29) is 18.9 Å². The van der Waals surface area contributed by atoms with E-state index in [1.54, 1.807) is 57.2 Å². The highest BCUT2D eigenvalue weighted by molar-refractivity contribution is 5.99. The fourth-order valence-corrected chi connectivity index (χ4v) is 2.47. The van der Waals surface area contributed by atoms with E-state index in [2.05, 4.69) is 5.32 Å². The van der Waals surface area contributed by atoms with Crippen LogP contribution < -0.4 is 5.32 Å². The fourth-order valence-electron chi connectivity index (χ4n) is 2.47. The van der Waals surface area contributed by atoms with Crippen molar-refractivity contribution >= 4 is 17.8 Å². The van der Waals surface area contributed by atoms with Gasteiger partial charge in [0.1, 0.15) is 5.60 Å². The van der Waals surface area contributed by atoms with Gasteiger partial charge in [0.15, 0.2) is 12.4 Å². The van der Waals surface area contributed by atoms with E-state index in [9.17, 15) is 14.4 Å². The van der Waals surface area contributed by atoms with Crippen LogP contribution in [0.25, 0.3) is 0 Å². The van der Waals surface area contributed by atoms with Gasteiger partial charge in [0.05, 0.1) is 5.56 Å². The van der Waals surface area contributed by atoms with Gasteiger partial charge < -0.3 is 14.8 Å². The van der Waals surface area contributed by atoms with Gasteiger partial charge in [-0.15, -0.1) is 0 Å². The molecule has 2 aromatic carbocycles. The zero-order chi connectivity index (χ0) is 21.4. The zero-order valence-electron chi connectivity index (χ0n) is 17.3. The van der Waals surface area contributed by atoms with Gasteiger partial charge >= 0.3 is 12.1 Å². The molecule has 0 aliphatic carbocycles. The maximum atomic E-state index is 12.2. The number of carbonyl (C=O) groups is 3. The van der Waals surface area contributed by atoms with Crippen LogP contribution in [0.4, 0.5) is 4.79 Å². The van der Waals surface area contributed by atoms with Gasteiger partial charge in [-0.25, -0.2) is 9.59 Å². The average molecular weight is 397 g/mol. The maximum absolute atomic E-state index is 12.2. The van der Waals surface area contributed by atoms with Crippen molar-refractivity contribution in [2.24, 2.45) is 0 Å². The smallest absolute Gasteiger partial charge is 0.407 e. The van der Waals surface area contributed by atoms with Crippen molar-refractivity contribution in [3.8, 4) is 0 Å². The SMILES string of the molecule is CCc1ccc(C(=O)COC(=O)c2ccc(CNC(=O)OC(C)(C)C)cc2)cc1. The Labute approximate surface area is 171 Å². The third-order valence-corrected chi connectivity index (χ3v) is 4.04. The Hall–Kier alpha value is -3.15. The van der Waals surface area contributed by atoms with Gasteiger partial charge in [0.2, 0.25) is 0 Å². The molecule has 0 atom stereocenters. The summed E-state index contributed by atoms with van der Waals surface area (Å²) >= 11 is 0. The number of amides is 1. The number of carbonyl (C=O) groups excluding carboxylic acids is 3. The molecule has 0 saturated heterocycles. The molecule has 2 rings (SSSR count). The molecule has 0 fully saturated rings. The molecule has 1 amide bonds. The Kier molecular flexibility index (Phi) is 7.53. The van der Waals surface area contributed by atoms with Crippen molar-refractivity contribution in [3.05, 3.63) is 70.8 Å². The van der Waals surface area contributed by atoms with Crippen LogP contribution in [0.5, 0.6) is 0 Å². The van der Waals surface area contributed by atoms with Crippen LogP contribution in [0, 0.1) is 0 Å². The topological polar surface area (TPSA) is 81.7 Å². The first-order valence-electron chi connectivity index (χ1n) is 9.53. The molecule has 0 bridgehead atoms. The van der Waals surface area contributed by atoms with Crippen LogP contribution in [0.15, 0.2) is 48.5 Å². The molecule has 29 heavy (non-hydrogen) atoms. The summed E-state index contributed by atoms with van der Waals surface area (Å²) in [5, 5.41) is 2.65. The average Bonchev–Trinajstić information content (AvgIpc) is 2.69. The Balaban J connectivity index is 1.83. The minimum atomic E-state index is -0.574. The van der Waals surface area contributed by atoms with Gasteiger partial charge in [-0.05, 0) is 50.5 Å². The first-order chi connectivity index (χ1) is 13.7. The summed E-state index contributed by atoms with van der Waals surface area (Å²) in [6.07, 6.45) is 0.388. The van der Waals surface area contributed by atoms with Gasteiger partial charge in [-0.1, -0.05) is 43.3 Å². The Bertz CT molecular complexity index is 848. The largest absolute Gasteiger partial charge is 0.454 e. The van der Waals surface area contributed by atoms with Crippen LogP contribution in [0.3, 0.4) is 0 Å². The molecule has 6 heteroatoms. The van der Waals surface area contributed by atoms with Crippen molar-refractivity contribution in [2.75, 3.05) is 6.61 Å². The van der Waals surface area contributed by atoms with E-state index in [0.717, 1.165) is 17.5 Å². The minimum absolute atomic E-state index is 0.251. The van der Waals surface area contributed by atoms with E-state index in [4.69, 9.17) is 9.47 Å². The molecular weight excluding hydrogens is 370 g/mol. The van der Waals surface area contributed by atoms with Gasteiger partial charge in [0.25, 0.3) is 0 Å². The molecule has 0 aromatic heterocycles. The number of aryl methyl sites for hydroxylation is 1. The summed E-state index contributed by atoms with van der Waals surface area (Å²) in [4.78, 5) is 36.0. The number of hydrogen-bond acceptors (Lipinski definition) is 5. The highest BCUT2D eigenvalue weighted by Gasteiger charge is 2.16. The standard InChI is InChI=1S/C23H27NO5/c1-5-16-6-10-18(11-7-16)20(25)15-28-21(26)19-12-8-17(9-13-19)14-24-22(27)29-23(2,3)4/h6-13H,5,14-15H2,1-4H3,(H,24,27). The Morgan fingerprint density at radius 3 is 1.97 bits per heavy atom. The zero-order valence-corrected chi connectivity index (χ0v) is 17.3. The summed E-state index contributed by atoms with van der Waals surface area (Å²) in [5.41, 5.74) is 2.23. The number of nitrogens with one attached hydrogen (secondary N) is 1. The van der Waals surface area contributed by atoms with Gasteiger partial charge in [-0.3, -0.25) is 4.79 Å². The molecule has 0 radical (unpaired) electrons. The van der Waals surface area contributed by atoms with Crippen LogP contribution in [0.2, 0.25) is 0 Å². The summed E-state index contributed by atoms with van der Waals surface area (Å²) in [6.45, 7) is 7.37. The van der Waals surface area contributed by atoms with Gasteiger partial charge in [-0.2, -0.15) is 0 Å². The molecule has 0 aliphatic rings. The summed E-state index contributed by atoms with van der Waals surface area (Å²) in [7, 11) is 0. The first kappa shape index (κ1) is 22.1. The lowest BCUT2D eigenvalue weighted by Crippen LogP contribution is -2.32. The van der Waals surface area contributed by atoms with E-state index in [1.165, 1.54) is 0 Å². The predicted molar refractivity (Wildman–Crippen MR) is 110 cm³/mol. The molecular formula is C23H27NO5. The molecule has 0 aliphatic heterocycles. The summed E-state index contributed by atoms with van der Waals surface area (Å²) < 4.78 is 10.3. The fraction of sp³-hybridized carbons (Fsp3) is 0.348. The molecule has 1 N–H and O–H groups in total. The highest BCUT2D eigenvalue weighted by atomic mass is 16.6. The van der Waals surface area contributed by atoms with E-state index in [0.29, 0.717) is 11.1 Å². The number of alkyl carbamates (subject to hydrolysis) is 1. The van der Waals surface area contributed by atoms with Crippen LogP contribution in [-0.2, 0) is 22.4 Å². The number of ketones is 1. The highest BCUT2D eigenvalue weighted by Crippen LogP contribution is 2.10. The van der Waals surface area contributed by atoms with E-state index in [1.807, 2.05) is 19.1 Å². The molecule has 6 nitrogen and oxygen atoms in total. The van der Waals surface area contributed by atoms with Crippen molar-refractivity contribution in [2.45, 2.75) is 46.3 Å². The lowest BCUT2D eigenvalue weighted by Gasteiger charge is -2.19. The van der Waals surface area contributed by atoms with Crippen LogP contribution in [0.1, 0.15) is 59.5 Å². The third kappa shape index (κ3) is 7.41. The van der Waals surface area contributed by atoms with Crippen molar-refractivity contribution in [3.63, 3.8) is 0 Å². The summed E-state index contributed by atoms with van der Waals surface area (Å²) in [5.74, 6) is -0.825. The van der Waals surface area contributed by atoms with E-state index >= 15 is 0 Å². The van der Waals surface area contributed by atoms with Gasteiger partial charge in [0, 0.05) is 12.1 Å². The maximum Gasteiger partial charge on any atom is 0.407 e. The predicted octanol–water partition coefficient (Wildman–Crippen LogP) is 4.31. The molecule has 2 aromatic rings. The monoisotopic (exact) mass is 397 g/mol. The molecule has 0 unspecified atom stereocenters. The number of ether oxygens (including phenoxy) is 2. The Morgan fingerprint density at radius 2 is 1.41 bits per heavy atom. The normalized spacial score (nSPS) is 10.9. The number of esters is 1. The Morgan fingerprint density at radius 1 is 0.862 bits per heavy atom. The third-order valence-electron chi connectivity index (χ3n) is 4.04. The van der Waals surface area contributed by atoms with Crippen LogP contribution in [-0.4, -0.2) is 30.1 Å². The quantitative estimate of drug-likeness (QED) is 0.556.